The summed E-state index contributed by atoms with van der Waals surface area (Å²) in [6, 6.07) is 16.9. The van der Waals surface area contributed by atoms with Gasteiger partial charge < -0.3 is 19.7 Å². The first-order chi connectivity index (χ1) is 16.1. The van der Waals surface area contributed by atoms with Crippen molar-refractivity contribution < 1.29 is 19.1 Å². The van der Waals surface area contributed by atoms with E-state index in [2.05, 4.69) is 5.32 Å². The van der Waals surface area contributed by atoms with Crippen molar-refractivity contribution in [3.63, 3.8) is 0 Å². The number of amides is 2. The van der Waals surface area contributed by atoms with Gasteiger partial charge in [-0.05, 0) is 55.5 Å². The predicted octanol–water partition coefficient (Wildman–Crippen LogP) is 4.37. The number of nitrogens with one attached hydrogen (secondary N) is 1. The average molecular weight is 453 g/mol. The van der Waals surface area contributed by atoms with Gasteiger partial charge in [0.25, 0.3) is 5.91 Å². The Hall–Kier alpha value is -3.02. The molecule has 33 heavy (non-hydrogen) atoms. The number of hydrogen-bond donors (Lipinski definition) is 1. The normalized spacial score (nSPS) is 14.8. The van der Waals surface area contributed by atoms with E-state index < -0.39 is 6.04 Å². The molecule has 0 heterocycles. The Morgan fingerprint density at radius 3 is 2.30 bits per heavy atom. The number of carbonyl (C=O) groups excluding carboxylic acids is 2. The Bertz CT molecular complexity index is 863. The van der Waals surface area contributed by atoms with Crippen LogP contribution in [0.1, 0.15) is 51.0 Å². The molecule has 1 unspecified atom stereocenters. The average Bonchev–Trinajstić information content (AvgIpc) is 2.86. The minimum absolute atomic E-state index is 0.0599. The fraction of sp³-hybridized carbons (Fsp3) is 0.481. The number of benzene rings is 2. The highest BCUT2D eigenvalue weighted by Gasteiger charge is 2.30. The lowest BCUT2D eigenvalue weighted by molar-refractivity contribution is -0.142. The van der Waals surface area contributed by atoms with Crippen LogP contribution in [0, 0.1) is 0 Å². The van der Waals surface area contributed by atoms with Gasteiger partial charge in [0.05, 0.1) is 7.11 Å². The molecule has 2 aromatic carbocycles. The van der Waals surface area contributed by atoms with Crippen molar-refractivity contribution in [1.29, 1.82) is 0 Å². The molecule has 0 aliphatic heterocycles. The lowest BCUT2D eigenvalue weighted by Crippen LogP contribution is -2.53. The fourth-order valence-corrected chi connectivity index (χ4v) is 4.34. The third-order valence-electron chi connectivity index (χ3n) is 6.24. The Morgan fingerprint density at radius 2 is 1.67 bits per heavy atom. The molecule has 0 spiro atoms. The molecule has 2 aromatic rings. The Balaban J connectivity index is 1.68. The van der Waals surface area contributed by atoms with E-state index in [0.29, 0.717) is 25.1 Å². The van der Waals surface area contributed by atoms with Crippen LogP contribution >= 0.6 is 0 Å². The van der Waals surface area contributed by atoms with Gasteiger partial charge in [-0.2, -0.15) is 0 Å². The first-order valence-electron chi connectivity index (χ1n) is 12.0. The maximum atomic E-state index is 13.3. The van der Waals surface area contributed by atoms with Crippen LogP contribution in [0.15, 0.2) is 54.6 Å². The Labute approximate surface area is 197 Å². The number of carbonyl (C=O) groups is 2. The van der Waals surface area contributed by atoms with Crippen LogP contribution in [0.4, 0.5) is 0 Å². The number of rotatable bonds is 11. The highest BCUT2D eigenvalue weighted by Crippen LogP contribution is 2.19. The van der Waals surface area contributed by atoms with Gasteiger partial charge in [-0.1, -0.05) is 56.5 Å². The maximum absolute atomic E-state index is 13.3. The van der Waals surface area contributed by atoms with E-state index in [1.165, 1.54) is 6.42 Å². The summed E-state index contributed by atoms with van der Waals surface area (Å²) in [6.07, 6.45) is 6.79. The van der Waals surface area contributed by atoms with Crippen molar-refractivity contribution in [2.75, 3.05) is 20.3 Å². The second kappa shape index (κ2) is 12.9. The van der Waals surface area contributed by atoms with Gasteiger partial charge >= 0.3 is 0 Å². The van der Waals surface area contributed by atoms with Crippen LogP contribution in [-0.2, 0) is 16.0 Å². The molecule has 178 valence electrons. The van der Waals surface area contributed by atoms with Gasteiger partial charge in [0.2, 0.25) is 5.91 Å². The van der Waals surface area contributed by atoms with Crippen LogP contribution < -0.4 is 14.8 Å². The Kier molecular flexibility index (Phi) is 9.60. The van der Waals surface area contributed by atoms with Crippen LogP contribution in [0.5, 0.6) is 11.5 Å². The number of methoxy groups -OCH3 is 1. The van der Waals surface area contributed by atoms with Gasteiger partial charge in [0, 0.05) is 12.6 Å². The first kappa shape index (κ1) is 24.6. The van der Waals surface area contributed by atoms with Crippen molar-refractivity contribution in [3.8, 4) is 11.5 Å². The largest absolute Gasteiger partial charge is 0.497 e. The lowest BCUT2D eigenvalue weighted by Gasteiger charge is -2.32. The summed E-state index contributed by atoms with van der Waals surface area (Å²) in [5, 5.41) is 3.20. The van der Waals surface area contributed by atoms with E-state index in [4.69, 9.17) is 9.47 Å². The van der Waals surface area contributed by atoms with E-state index in [1.807, 2.05) is 37.3 Å². The predicted molar refractivity (Wildman–Crippen MR) is 129 cm³/mol. The van der Waals surface area contributed by atoms with E-state index in [1.54, 1.807) is 36.3 Å². The molecule has 0 saturated heterocycles. The molecule has 2 amide bonds. The summed E-state index contributed by atoms with van der Waals surface area (Å²) < 4.78 is 10.9. The maximum Gasteiger partial charge on any atom is 0.261 e. The smallest absolute Gasteiger partial charge is 0.261 e. The molecular weight excluding hydrogens is 416 g/mol. The standard InChI is InChI=1S/C27H36N2O4/c1-3-25(27(31)28-22-12-8-5-9-13-22)29(19-18-21-10-6-4-7-11-21)26(30)20-33-24-16-14-23(32-2)15-17-24/h4,6-7,10-11,14-17,22,25H,3,5,8-9,12-13,18-20H2,1-2H3,(H,28,31). The molecule has 6 nitrogen and oxygen atoms in total. The van der Waals surface area contributed by atoms with Crippen LogP contribution in [-0.4, -0.2) is 49.1 Å². The topological polar surface area (TPSA) is 67.9 Å². The fourth-order valence-electron chi connectivity index (χ4n) is 4.34. The second-order valence-corrected chi connectivity index (χ2v) is 8.55. The molecule has 1 saturated carbocycles. The summed E-state index contributed by atoms with van der Waals surface area (Å²) in [5.74, 6) is 1.07. The second-order valence-electron chi connectivity index (χ2n) is 8.55. The SMILES string of the molecule is CCC(C(=O)NC1CCCCC1)N(CCc1ccccc1)C(=O)COc1ccc(OC)cc1. The first-order valence-corrected chi connectivity index (χ1v) is 12.0. The summed E-state index contributed by atoms with van der Waals surface area (Å²) in [5.41, 5.74) is 1.13. The van der Waals surface area contributed by atoms with Gasteiger partial charge in [-0.25, -0.2) is 0 Å². The molecule has 0 aromatic heterocycles. The molecule has 6 heteroatoms. The van der Waals surface area contributed by atoms with Gasteiger partial charge in [0.15, 0.2) is 6.61 Å². The van der Waals surface area contributed by atoms with Crippen molar-refractivity contribution >= 4 is 11.8 Å². The molecule has 3 rings (SSSR count). The molecule has 1 aliphatic rings. The molecular formula is C27H36N2O4. The van der Waals surface area contributed by atoms with E-state index in [-0.39, 0.29) is 24.5 Å². The zero-order valence-electron chi connectivity index (χ0n) is 19.8. The lowest BCUT2D eigenvalue weighted by atomic mass is 9.95. The van der Waals surface area contributed by atoms with Gasteiger partial charge in [0.1, 0.15) is 17.5 Å². The monoisotopic (exact) mass is 452 g/mol. The van der Waals surface area contributed by atoms with Crippen LogP contribution in [0.25, 0.3) is 0 Å². The quantitative estimate of drug-likeness (QED) is 0.550. The summed E-state index contributed by atoms with van der Waals surface area (Å²) in [7, 11) is 1.60. The number of nitrogens with zero attached hydrogens (tertiary/aromatic N) is 1. The summed E-state index contributed by atoms with van der Waals surface area (Å²) in [6.45, 7) is 2.30. The highest BCUT2D eigenvalue weighted by molar-refractivity contribution is 5.88. The molecule has 1 atom stereocenters. The minimum Gasteiger partial charge on any atom is -0.497 e. The molecule has 1 fully saturated rings. The molecule has 1 aliphatic carbocycles. The van der Waals surface area contributed by atoms with Crippen LogP contribution in [0.3, 0.4) is 0 Å². The number of hydrogen-bond acceptors (Lipinski definition) is 4. The molecule has 0 radical (unpaired) electrons. The van der Waals surface area contributed by atoms with Gasteiger partial charge in [-0.3, -0.25) is 9.59 Å². The van der Waals surface area contributed by atoms with Crippen molar-refractivity contribution in [2.24, 2.45) is 0 Å². The van der Waals surface area contributed by atoms with E-state index in [0.717, 1.165) is 37.0 Å². The highest BCUT2D eigenvalue weighted by atomic mass is 16.5. The third kappa shape index (κ3) is 7.52. The van der Waals surface area contributed by atoms with E-state index >= 15 is 0 Å². The van der Waals surface area contributed by atoms with E-state index in [9.17, 15) is 9.59 Å². The minimum atomic E-state index is -0.511. The Morgan fingerprint density at radius 1 is 1.00 bits per heavy atom. The zero-order valence-corrected chi connectivity index (χ0v) is 19.8. The summed E-state index contributed by atoms with van der Waals surface area (Å²) in [4.78, 5) is 28.1. The number of ether oxygens (including phenoxy) is 2. The van der Waals surface area contributed by atoms with Crippen molar-refractivity contribution in [3.05, 3.63) is 60.2 Å². The van der Waals surface area contributed by atoms with Crippen LogP contribution in [0.2, 0.25) is 0 Å². The van der Waals surface area contributed by atoms with Crippen molar-refractivity contribution in [1.82, 2.24) is 10.2 Å². The van der Waals surface area contributed by atoms with Crippen molar-refractivity contribution in [2.45, 2.75) is 64.0 Å². The van der Waals surface area contributed by atoms with Gasteiger partial charge in [-0.15, -0.1) is 0 Å². The summed E-state index contributed by atoms with van der Waals surface area (Å²) >= 11 is 0. The zero-order chi connectivity index (χ0) is 23.5. The molecule has 0 bridgehead atoms. The third-order valence-corrected chi connectivity index (χ3v) is 6.24. The molecule has 1 N–H and O–H groups in total.